The van der Waals surface area contributed by atoms with E-state index in [-0.39, 0.29) is 46.6 Å². The van der Waals surface area contributed by atoms with Crippen molar-refractivity contribution in [2.24, 2.45) is 0 Å². The molecule has 0 aliphatic carbocycles. The average Bonchev–Trinajstić information content (AvgIpc) is 0.722. The fraction of sp³-hybridized carbons (Fsp3) is 0. The van der Waals surface area contributed by atoms with Crippen LogP contribution in [0.1, 0.15) is 0 Å². The van der Waals surface area contributed by atoms with Crippen LogP contribution in [0.25, 0.3) is 0 Å². The molecule has 0 aliphatic heterocycles. The fourth-order valence-electron chi connectivity index (χ4n) is 0. The van der Waals surface area contributed by atoms with Gasteiger partial charge in [0, 0.05) is 17.1 Å². The summed E-state index contributed by atoms with van der Waals surface area (Å²) < 4.78 is 31.6. The summed E-state index contributed by atoms with van der Waals surface area (Å²) >= 11 is 0. The Morgan fingerprint density at radius 1 is 1.14 bits per heavy atom. The summed E-state index contributed by atoms with van der Waals surface area (Å²) in [6.45, 7) is 0. The Morgan fingerprint density at radius 3 is 1.14 bits per heavy atom. The average molecular weight is 178 g/mol. The van der Waals surface area contributed by atoms with Gasteiger partial charge in [-0.3, -0.25) is 9.11 Å². The first-order valence-electron chi connectivity index (χ1n) is 0.698. The molecule has 4 nitrogen and oxygen atoms in total. The number of rotatable bonds is 0. The Balaban J connectivity index is -0.0000000800. The van der Waals surface area contributed by atoms with Gasteiger partial charge in [-0.2, -0.15) is 8.42 Å². The van der Waals surface area contributed by atoms with Crippen LogP contribution in [0.4, 0.5) is 0 Å². The van der Waals surface area contributed by atoms with Gasteiger partial charge in [-0.1, -0.05) is 0 Å². The molecule has 0 fully saturated rings. The van der Waals surface area contributed by atoms with E-state index in [0.717, 1.165) is 0 Å². The maximum absolute atomic E-state index is 8.74. The standard InChI is InChI=1S/Fe.Na.H2O4S.H/c;;1-5(2,3)4;/h;;(H2,1,2,3,4);. The van der Waals surface area contributed by atoms with Crippen LogP contribution < -0.4 is 0 Å². The number of hydrogen-bond donors (Lipinski definition) is 2. The summed E-state index contributed by atoms with van der Waals surface area (Å²) in [7, 11) is -4.67. The molecule has 0 saturated carbocycles. The zero-order chi connectivity index (χ0) is 4.50. The Hall–Kier alpha value is 1.39. The zero-order valence-corrected chi connectivity index (χ0v) is 4.39. The van der Waals surface area contributed by atoms with E-state index in [4.69, 9.17) is 17.5 Å². The second-order valence-electron chi connectivity index (χ2n) is 0.448. The minimum absolute atomic E-state index is 0. The molecule has 0 aromatic heterocycles. The molecule has 7 heavy (non-hydrogen) atoms. The molecule has 2 N–H and O–H groups in total. The Bertz CT molecular complexity index is 94.9. The molecule has 0 aromatic carbocycles. The summed E-state index contributed by atoms with van der Waals surface area (Å²) in [6, 6.07) is 0. The van der Waals surface area contributed by atoms with Crippen LogP contribution in [0.3, 0.4) is 0 Å². The Labute approximate surface area is 74.0 Å². The second kappa shape index (κ2) is 5.52. The van der Waals surface area contributed by atoms with Crippen molar-refractivity contribution in [2.75, 3.05) is 0 Å². The van der Waals surface area contributed by atoms with Gasteiger partial charge < -0.3 is 0 Å². The van der Waals surface area contributed by atoms with Crippen LogP contribution in [0.2, 0.25) is 0 Å². The van der Waals surface area contributed by atoms with Gasteiger partial charge in [0.15, 0.2) is 0 Å². The molecule has 0 aliphatic rings. The van der Waals surface area contributed by atoms with Crippen molar-refractivity contribution in [2.45, 2.75) is 0 Å². The van der Waals surface area contributed by atoms with Gasteiger partial charge in [-0.15, -0.1) is 0 Å². The molecule has 0 radical (unpaired) electrons. The molecule has 0 heterocycles. The molecule has 0 rings (SSSR count). The molecule has 42 valence electrons. The van der Waals surface area contributed by atoms with Crippen LogP contribution in [-0.2, 0) is 27.5 Å². The van der Waals surface area contributed by atoms with E-state index >= 15 is 0 Å². The second-order valence-corrected chi connectivity index (χ2v) is 1.34. The van der Waals surface area contributed by atoms with Gasteiger partial charge in [0.2, 0.25) is 0 Å². The van der Waals surface area contributed by atoms with Crippen molar-refractivity contribution in [3.8, 4) is 0 Å². The molecule has 0 atom stereocenters. The summed E-state index contributed by atoms with van der Waals surface area (Å²) in [4.78, 5) is 0. The molecule has 0 aromatic rings. The van der Waals surface area contributed by atoms with Gasteiger partial charge in [0.1, 0.15) is 0 Å². The van der Waals surface area contributed by atoms with Gasteiger partial charge in [-0.05, 0) is 0 Å². The first-order valence-corrected chi connectivity index (χ1v) is 2.10. The molecular weight excluding hydrogens is 175 g/mol. The quantitative estimate of drug-likeness (QED) is 0.357. The summed E-state index contributed by atoms with van der Waals surface area (Å²) in [5.41, 5.74) is 0. The third kappa shape index (κ3) is 111. The van der Waals surface area contributed by atoms with Gasteiger partial charge in [-0.25, -0.2) is 0 Å². The summed E-state index contributed by atoms with van der Waals surface area (Å²) in [5.74, 6) is 0. The van der Waals surface area contributed by atoms with E-state index < -0.39 is 10.4 Å². The summed E-state index contributed by atoms with van der Waals surface area (Å²) in [5, 5.41) is 0. The van der Waals surface area contributed by atoms with Crippen molar-refractivity contribution >= 4 is 40.0 Å². The Kier molecular flexibility index (Phi) is 12.4. The van der Waals surface area contributed by atoms with Gasteiger partial charge in [0.25, 0.3) is 0 Å². The van der Waals surface area contributed by atoms with E-state index in [0.29, 0.717) is 0 Å². The first-order chi connectivity index (χ1) is 2.00. The van der Waals surface area contributed by atoms with Crippen LogP contribution in [0, 0.1) is 0 Å². The molecule has 0 spiro atoms. The van der Waals surface area contributed by atoms with Crippen molar-refractivity contribution in [1.82, 2.24) is 0 Å². The normalized spacial score (nSPS) is 8.29. The van der Waals surface area contributed by atoms with Crippen LogP contribution in [0.5, 0.6) is 0 Å². The monoisotopic (exact) mass is 178 g/mol. The Morgan fingerprint density at radius 2 is 1.14 bits per heavy atom. The molecule has 0 unspecified atom stereocenters. The third-order valence-corrected chi connectivity index (χ3v) is 0. The predicted octanol–water partition coefficient (Wildman–Crippen LogP) is -1.30. The van der Waals surface area contributed by atoms with Crippen molar-refractivity contribution in [3.05, 3.63) is 0 Å². The van der Waals surface area contributed by atoms with E-state index in [9.17, 15) is 0 Å². The molecule has 7 heteroatoms. The SMILES string of the molecule is O=S(=O)(O)O.[Fe].[NaH]. The zero-order valence-electron chi connectivity index (χ0n) is 2.47. The van der Waals surface area contributed by atoms with E-state index in [1.165, 1.54) is 0 Å². The predicted molar refractivity (Wildman–Crippen MR) is 21.3 cm³/mol. The maximum atomic E-state index is 8.74. The fourth-order valence-corrected chi connectivity index (χ4v) is 0. The van der Waals surface area contributed by atoms with Gasteiger partial charge in [0.05, 0.1) is 0 Å². The molecular formula is H3FeNaO4S. The van der Waals surface area contributed by atoms with E-state index in [1.54, 1.807) is 0 Å². The topological polar surface area (TPSA) is 74.6 Å². The van der Waals surface area contributed by atoms with Crippen molar-refractivity contribution in [3.63, 3.8) is 0 Å². The van der Waals surface area contributed by atoms with Gasteiger partial charge >= 0.3 is 40.0 Å². The summed E-state index contributed by atoms with van der Waals surface area (Å²) in [6.07, 6.45) is 0. The molecule has 0 saturated heterocycles. The first kappa shape index (κ1) is 15.8. The van der Waals surface area contributed by atoms with Crippen LogP contribution in [-0.4, -0.2) is 47.1 Å². The molecule has 0 amide bonds. The van der Waals surface area contributed by atoms with Crippen LogP contribution >= 0.6 is 0 Å². The third-order valence-electron chi connectivity index (χ3n) is 0. The van der Waals surface area contributed by atoms with Crippen molar-refractivity contribution < 1.29 is 34.6 Å². The molecule has 0 bridgehead atoms. The van der Waals surface area contributed by atoms with E-state index in [1.807, 2.05) is 0 Å². The van der Waals surface area contributed by atoms with Crippen LogP contribution in [0.15, 0.2) is 0 Å². The minimum atomic E-state index is -4.67. The number of hydrogen-bond acceptors (Lipinski definition) is 2. The van der Waals surface area contributed by atoms with Crippen molar-refractivity contribution in [1.29, 1.82) is 0 Å². The van der Waals surface area contributed by atoms with E-state index in [2.05, 4.69) is 0 Å².